The quantitative estimate of drug-likeness (QED) is 0.755. The molecule has 6 heteroatoms. The maximum absolute atomic E-state index is 12.1. The Morgan fingerprint density at radius 1 is 1.33 bits per heavy atom. The Balaban J connectivity index is 1.94. The van der Waals surface area contributed by atoms with Crippen molar-refractivity contribution in [3.8, 4) is 0 Å². The molecule has 0 bridgehead atoms. The van der Waals surface area contributed by atoms with Gasteiger partial charge in [-0.25, -0.2) is 9.74 Å². The van der Waals surface area contributed by atoms with Gasteiger partial charge in [-0.2, -0.15) is 0 Å². The van der Waals surface area contributed by atoms with Gasteiger partial charge in [0.05, 0.1) is 0 Å². The number of amides is 1. The third-order valence-electron chi connectivity index (χ3n) is 3.11. The lowest BCUT2D eigenvalue weighted by molar-refractivity contribution is -0.0819. The molecule has 1 aromatic rings. The third-order valence-corrected chi connectivity index (χ3v) is 3.11. The van der Waals surface area contributed by atoms with E-state index in [1.54, 1.807) is 24.4 Å². The topological polar surface area (TPSA) is 59.5 Å². The second-order valence-corrected chi connectivity index (χ2v) is 4.18. The Kier molecular flexibility index (Phi) is 3.86. The van der Waals surface area contributed by atoms with E-state index in [9.17, 15) is 14.1 Å². The molecule has 5 nitrogen and oxygen atoms in total. The van der Waals surface area contributed by atoms with E-state index in [2.05, 4.69) is 9.93 Å². The minimum Gasteiger partial charge on any atom is -0.306 e. The van der Waals surface area contributed by atoms with Crippen molar-refractivity contribution in [2.45, 2.75) is 12.8 Å². The van der Waals surface area contributed by atoms with Gasteiger partial charge in [0.1, 0.15) is 5.69 Å². The Morgan fingerprint density at radius 2 is 2.06 bits per heavy atom. The van der Waals surface area contributed by atoms with Gasteiger partial charge in [0, 0.05) is 29.7 Å². The molecular formula is C12H13FN2O3. The molecule has 18 heavy (non-hydrogen) atoms. The highest BCUT2D eigenvalue weighted by atomic mass is 19.3. The molecule has 96 valence electrons. The first-order valence-corrected chi connectivity index (χ1v) is 5.75. The summed E-state index contributed by atoms with van der Waals surface area (Å²) in [6.45, 7) is 0.651. The van der Waals surface area contributed by atoms with Crippen LogP contribution in [0.2, 0.25) is 0 Å². The molecule has 1 saturated heterocycles. The average Bonchev–Trinajstić information content (AvgIpc) is 2.47. The number of halogens is 1. The fourth-order valence-corrected chi connectivity index (χ4v) is 2.09. The molecule has 0 atom stereocenters. The SMILES string of the molecule is O=C(c1ccccn1)C1CCN(C(=O)OF)CC1. The standard InChI is InChI=1S/C12H13FN2O3/c13-18-12(17)15-7-4-9(5-8-15)11(16)10-3-1-2-6-14-10/h1-3,6,9H,4-5,7-8H2. The van der Waals surface area contributed by atoms with E-state index in [1.165, 1.54) is 4.90 Å². The number of rotatable bonds is 2. The molecule has 1 fully saturated rings. The molecule has 1 aliphatic heterocycles. The fraction of sp³-hybridized carbons (Fsp3) is 0.417. The molecular weight excluding hydrogens is 239 g/mol. The molecule has 1 aromatic heterocycles. The monoisotopic (exact) mass is 252 g/mol. The number of aromatic nitrogens is 1. The van der Waals surface area contributed by atoms with E-state index in [1.807, 2.05) is 0 Å². The zero-order valence-electron chi connectivity index (χ0n) is 9.71. The second-order valence-electron chi connectivity index (χ2n) is 4.18. The lowest BCUT2D eigenvalue weighted by Crippen LogP contribution is -2.39. The highest BCUT2D eigenvalue weighted by Gasteiger charge is 2.29. The van der Waals surface area contributed by atoms with E-state index in [0.29, 0.717) is 31.6 Å². The van der Waals surface area contributed by atoms with Crippen LogP contribution in [0, 0.1) is 5.92 Å². The Hall–Kier alpha value is -1.98. The molecule has 1 amide bonds. The van der Waals surface area contributed by atoms with Crippen LogP contribution in [0.15, 0.2) is 24.4 Å². The smallest absolute Gasteiger partial charge is 0.306 e. The van der Waals surface area contributed by atoms with Crippen LogP contribution < -0.4 is 0 Å². The van der Waals surface area contributed by atoms with Crippen LogP contribution in [0.25, 0.3) is 0 Å². The van der Waals surface area contributed by atoms with Crippen LogP contribution in [0.5, 0.6) is 0 Å². The Morgan fingerprint density at radius 3 is 2.61 bits per heavy atom. The lowest BCUT2D eigenvalue weighted by Gasteiger charge is -2.28. The van der Waals surface area contributed by atoms with Crippen molar-refractivity contribution in [3.63, 3.8) is 0 Å². The zero-order valence-corrected chi connectivity index (χ0v) is 9.71. The molecule has 0 saturated carbocycles. The number of ketones is 1. The molecule has 0 spiro atoms. The molecule has 0 unspecified atom stereocenters. The van der Waals surface area contributed by atoms with Crippen LogP contribution in [-0.2, 0) is 4.94 Å². The first-order chi connectivity index (χ1) is 8.72. The number of nitrogens with zero attached hydrogens (tertiary/aromatic N) is 2. The third kappa shape index (κ3) is 2.64. The number of pyridine rings is 1. The first-order valence-electron chi connectivity index (χ1n) is 5.75. The number of hydrogen-bond acceptors (Lipinski definition) is 4. The van der Waals surface area contributed by atoms with Crippen molar-refractivity contribution in [1.82, 2.24) is 9.88 Å². The Labute approximate surface area is 103 Å². The van der Waals surface area contributed by atoms with Gasteiger partial charge < -0.3 is 4.90 Å². The average molecular weight is 252 g/mol. The number of carbonyl (C=O) groups excluding carboxylic acids is 2. The second kappa shape index (κ2) is 5.57. The van der Waals surface area contributed by atoms with Crippen LogP contribution in [-0.4, -0.2) is 34.8 Å². The van der Waals surface area contributed by atoms with E-state index >= 15 is 0 Å². The number of Topliss-reactive ketones (excluding diaryl/α,β-unsaturated/α-hetero) is 1. The van der Waals surface area contributed by atoms with E-state index in [4.69, 9.17) is 0 Å². The summed E-state index contributed by atoms with van der Waals surface area (Å²) in [4.78, 5) is 31.4. The summed E-state index contributed by atoms with van der Waals surface area (Å²) in [7, 11) is 0. The van der Waals surface area contributed by atoms with Gasteiger partial charge in [0.25, 0.3) is 0 Å². The van der Waals surface area contributed by atoms with Crippen molar-refractivity contribution in [2.24, 2.45) is 5.92 Å². The van der Waals surface area contributed by atoms with E-state index in [-0.39, 0.29) is 11.7 Å². The summed E-state index contributed by atoms with van der Waals surface area (Å²) in [5, 5.41) is 0. The van der Waals surface area contributed by atoms with Crippen molar-refractivity contribution in [3.05, 3.63) is 30.1 Å². The summed E-state index contributed by atoms with van der Waals surface area (Å²) in [5.41, 5.74) is 0.434. The predicted octanol–water partition coefficient (Wildman–Crippen LogP) is 2.00. The number of carbonyl (C=O) groups is 2. The minimum atomic E-state index is -0.987. The summed E-state index contributed by atoms with van der Waals surface area (Å²) >= 11 is 0. The number of piperidine rings is 1. The highest BCUT2D eigenvalue weighted by Crippen LogP contribution is 2.21. The largest absolute Gasteiger partial charge is 0.447 e. The summed E-state index contributed by atoms with van der Waals surface area (Å²) < 4.78 is 11.7. The maximum Gasteiger partial charge on any atom is 0.447 e. The maximum atomic E-state index is 12.1. The van der Waals surface area contributed by atoms with Gasteiger partial charge in [-0.1, -0.05) is 6.07 Å². The molecule has 1 aliphatic rings. The summed E-state index contributed by atoms with van der Waals surface area (Å²) in [5.74, 6) is -0.188. The van der Waals surface area contributed by atoms with Crippen molar-refractivity contribution in [1.29, 1.82) is 0 Å². The van der Waals surface area contributed by atoms with Crippen LogP contribution in [0.4, 0.5) is 9.32 Å². The van der Waals surface area contributed by atoms with Crippen molar-refractivity contribution in [2.75, 3.05) is 13.1 Å². The van der Waals surface area contributed by atoms with E-state index in [0.717, 1.165) is 0 Å². The van der Waals surface area contributed by atoms with Gasteiger partial charge >= 0.3 is 6.09 Å². The van der Waals surface area contributed by atoms with Crippen LogP contribution in [0.3, 0.4) is 0 Å². The van der Waals surface area contributed by atoms with E-state index < -0.39 is 6.09 Å². The number of hydrogen-bond donors (Lipinski definition) is 0. The normalized spacial score (nSPS) is 16.4. The molecule has 0 aromatic carbocycles. The van der Waals surface area contributed by atoms with Crippen LogP contribution in [0.1, 0.15) is 23.3 Å². The van der Waals surface area contributed by atoms with Crippen LogP contribution >= 0.6 is 0 Å². The van der Waals surface area contributed by atoms with Crippen molar-refractivity contribution >= 4 is 11.9 Å². The molecule has 0 aliphatic carbocycles. The van der Waals surface area contributed by atoms with Gasteiger partial charge in [-0.3, -0.25) is 9.78 Å². The van der Waals surface area contributed by atoms with Gasteiger partial charge in [-0.15, -0.1) is 0 Å². The lowest BCUT2D eigenvalue weighted by atomic mass is 9.91. The highest BCUT2D eigenvalue weighted by molar-refractivity contribution is 5.96. The molecule has 0 radical (unpaired) electrons. The molecule has 2 rings (SSSR count). The summed E-state index contributed by atoms with van der Waals surface area (Å²) in [6, 6.07) is 5.18. The van der Waals surface area contributed by atoms with Gasteiger partial charge in [-0.05, 0) is 25.0 Å². The Bertz CT molecular complexity index is 430. The first kappa shape index (κ1) is 12.5. The fourth-order valence-electron chi connectivity index (χ4n) is 2.09. The number of likely N-dealkylation sites (tertiary alicyclic amines) is 1. The van der Waals surface area contributed by atoms with Gasteiger partial charge in [0.2, 0.25) is 0 Å². The van der Waals surface area contributed by atoms with Gasteiger partial charge in [0.15, 0.2) is 5.78 Å². The summed E-state index contributed by atoms with van der Waals surface area (Å²) in [6.07, 6.45) is 1.59. The minimum absolute atomic E-state index is 0.0242. The zero-order chi connectivity index (χ0) is 13.0. The molecule has 0 N–H and O–H groups in total. The predicted molar refractivity (Wildman–Crippen MR) is 60.5 cm³/mol. The molecule has 2 heterocycles. The van der Waals surface area contributed by atoms with Crippen molar-refractivity contribution < 1.29 is 19.1 Å².